The zero-order valence-electron chi connectivity index (χ0n) is 33.2. The molecule has 4 aliphatic rings. The van der Waals surface area contributed by atoms with Crippen LogP contribution in [-0.2, 0) is 25.4 Å². The summed E-state index contributed by atoms with van der Waals surface area (Å²) in [5.74, 6) is -0.569. The van der Waals surface area contributed by atoms with Crippen molar-refractivity contribution in [2.45, 2.75) is 120 Å². The van der Waals surface area contributed by atoms with Gasteiger partial charge in [-0.05, 0) is 109 Å². The van der Waals surface area contributed by atoms with Gasteiger partial charge in [0.1, 0.15) is 17.6 Å². The van der Waals surface area contributed by atoms with E-state index in [0.29, 0.717) is 23.7 Å². The van der Waals surface area contributed by atoms with Gasteiger partial charge in [-0.25, -0.2) is 4.98 Å². The molecule has 3 N–H and O–H groups in total. The number of benzene rings is 1. The number of anilines is 3. The Kier molecular flexibility index (Phi) is 14.4. The van der Waals surface area contributed by atoms with Gasteiger partial charge >= 0.3 is 6.18 Å². The van der Waals surface area contributed by atoms with E-state index in [0.717, 1.165) is 70.4 Å². The van der Waals surface area contributed by atoms with Crippen molar-refractivity contribution < 1.29 is 32.3 Å². The highest BCUT2D eigenvalue weighted by atomic mass is 35.5. The smallest absolute Gasteiger partial charge is 0.374 e. The minimum absolute atomic E-state index is 0. The number of aromatic nitrogens is 1. The topological polar surface area (TPSA) is 154 Å². The summed E-state index contributed by atoms with van der Waals surface area (Å²) in [7, 11) is 0. The second-order valence-electron chi connectivity index (χ2n) is 16.4. The van der Waals surface area contributed by atoms with Gasteiger partial charge < -0.3 is 15.5 Å². The van der Waals surface area contributed by atoms with Crippen molar-refractivity contribution in [3.05, 3.63) is 47.8 Å². The van der Waals surface area contributed by atoms with Crippen LogP contribution >= 0.6 is 25.0 Å². The lowest BCUT2D eigenvalue weighted by atomic mass is 9.81. The van der Waals surface area contributed by atoms with Crippen molar-refractivity contribution in [3.63, 3.8) is 0 Å². The number of nitrogens with zero attached hydrogens (tertiary/aromatic N) is 6. The molecule has 18 heteroatoms. The van der Waals surface area contributed by atoms with Crippen molar-refractivity contribution in [2.24, 2.45) is 5.92 Å². The summed E-state index contributed by atoms with van der Waals surface area (Å²) in [6, 6.07) is 9.39. The number of imide groups is 1. The zero-order chi connectivity index (χ0) is 41.2. The van der Waals surface area contributed by atoms with Crippen LogP contribution in [0.5, 0.6) is 0 Å². The van der Waals surface area contributed by atoms with Gasteiger partial charge in [0.05, 0.1) is 29.5 Å². The molecule has 2 aromatic rings. The standard InChI is InChI=1S/C40H52F3N9O4S.ClH/c1-24-21-49(22-25(2)50(24)23-35(54)47-28-9-5-8-27(17-28)46-32-14-15-34(53)48-36(32)55)16-6-7-26-10-12-29(13-11-26)52-38(57)51(37(56)39(52,3)4)30-18-31(40(41,42)43)33(19-44)45-20-30;/h5,8-9,17-18,20,24-26,29,32,38,46,57H,6-7,10-16,21-23H2,1-4H3,(H,47,54)(H,48,53,55);1H/t24-,25+,26?,29?,32?,38?;. The van der Waals surface area contributed by atoms with E-state index in [4.69, 9.17) is 12.6 Å². The molecule has 0 spiro atoms. The van der Waals surface area contributed by atoms with Crippen LogP contribution in [0.2, 0.25) is 0 Å². The number of carbonyl (C=O) groups is 4. The molecule has 3 aliphatic heterocycles. The van der Waals surface area contributed by atoms with E-state index in [1.807, 2.05) is 11.0 Å². The lowest BCUT2D eigenvalue weighted by Gasteiger charge is -2.44. The molecule has 13 nitrogen and oxygen atoms in total. The summed E-state index contributed by atoms with van der Waals surface area (Å²) in [5.41, 5.74) is -2.41. The van der Waals surface area contributed by atoms with E-state index >= 15 is 0 Å². The normalized spacial score (nSPS) is 27.1. The second-order valence-corrected chi connectivity index (χ2v) is 16.9. The number of carbonyl (C=O) groups excluding carboxylic acids is 4. The number of hydrogen-bond donors (Lipinski definition) is 4. The lowest BCUT2D eigenvalue weighted by Crippen LogP contribution is -2.58. The molecule has 0 bridgehead atoms. The van der Waals surface area contributed by atoms with Crippen LogP contribution in [0.1, 0.15) is 90.3 Å². The number of pyridine rings is 1. The van der Waals surface area contributed by atoms with Gasteiger partial charge in [-0.2, -0.15) is 18.4 Å². The molecule has 58 heavy (non-hydrogen) atoms. The largest absolute Gasteiger partial charge is 0.419 e. The second kappa shape index (κ2) is 18.5. The first-order chi connectivity index (χ1) is 27.0. The van der Waals surface area contributed by atoms with Gasteiger partial charge in [0.15, 0.2) is 5.69 Å². The van der Waals surface area contributed by atoms with Crippen LogP contribution in [0.25, 0.3) is 0 Å². The van der Waals surface area contributed by atoms with Crippen LogP contribution < -0.4 is 20.9 Å². The van der Waals surface area contributed by atoms with Crippen molar-refractivity contribution in [1.82, 2.24) is 25.0 Å². The molecular formula is C40H53ClF3N9O4S. The number of alkyl halides is 3. The Labute approximate surface area is 349 Å². The average Bonchev–Trinajstić information content (AvgIpc) is 3.32. The third-order valence-corrected chi connectivity index (χ3v) is 12.4. The predicted octanol–water partition coefficient (Wildman–Crippen LogP) is 5.62. The molecule has 4 heterocycles. The molecule has 6 rings (SSSR count). The van der Waals surface area contributed by atoms with E-state index < -0.39 is 34.5 Å². The maximum Gasteiger partial charge on any atom is 0.419 e. The molecule has 1 saturated carbocycles. The molecule has 2 unspecified atom stereocenters. The fraction of sp³-hybridized carbons (Fsp3) is 0.600. The van der Waals surface area contributed by atoms with Crippen LogP contribution in [-0.4, -0.2) is 105 Å². The van der Waals surface area contributed by atoms with E-state index in [1.54, 1.807) is 32.0 Å². The Balaban J connectivity index is 0.00000641. The van der Waals surface area contributed by atoms with Crippen LogP contribution in [0.4, 0.5) is 30.2 Å². The Morgan fingerprint density at radius 2 is 1.72 bits per heavy atom. The van der Waals surface area contributed by atoms with Crippen LogP contribution in [0, 0.1) is 17.2 Å². The fourth-order valence-corrected chi connectivity index (χ4v) is 9.79. The molecule has 1 aromatic carbocycles. The fourth-order valence-electron chi connectivity index (χ4n) is 9.07. The molecular weight excluding hydrogens is 795 g/mol. The van der Waals surface area contributed by atoms with Gasteiger partial charge in [0.2, 0.25) is 23.6 Å². The SMILES string of the molecule is C[C@@H]1CN(CCCC2CCC(N3C(S)N(c4cnc(C#N)c(C(F)(F)F)c4)C(=O)C3(C)C)CC2)C[C@H](C)N1CC(=O)Nc1cccc(NC2CCC(=O)NC2=O)c1.Cl. The quantitative estimate of drug-likeness (QED) is 0.166. The summed E-state index contributed by atoms with van der Waals surface area (Å²) in [4.78, 5) is 62.1. The maximum absolute atomic E-state index is 13.7. The molecule has 1 aliphatic carbocycles. The number of thiol groups is 1. The number of halogens is 4. The van der Waals surface area contributed by atoms with Crippen molar-refractivity contribution >= 4 is 65.7 Å². The first-order valence-electron chi connectivity index (χ1n) is 19.7. The van der Waals surface area contributed by atoms with Crippen LogP contribution in [0.3, 0.4) is 0 Å². The summed E-state index contributed by atoms with van der Waals surface area (Å²) in [6.07, 6.45) is 2.81. The van der Waals surface area contributed by atoms with Gasteiger partial charge in [-0.15, -0.1) is 25.0 Å². The number of amides is 4. The Bertz CT molecular complexity index is 1880. The summed E-state index contributed by atoms with van der Waals surface area (Å²) >= 11 is 4.76. The van der Waals surface area contributed by atoms with Gasteiger partial charge in [0.25, 0.3) is 0 Å². The van der Waals surface area contributed by atoms with E-state index in [9.17, 15) is 37.6 Å². The average molecular weight is 848 g/mol. The first-order valence-corrected chi connectivity index (χ1v) is 20.2. The predicted molar refractivity (Wildman–Crippen MR) is 219 cm³/mol. The number of piperazine rings is 1. The highest BCUT2D eigenvalue weighted by Crippen LogP contribution is 2.43. The third kappa shape index (κ3) is 10.1. The highest BCUT2D eigenvalue weighted by molar-refractivity contribution is 7.81. The van der Waals surface area contributed by atoms with Crippen LogP contribution in [0.15, 0.2) is 36.5 Å². The Morgan fingerprint density at radius 1 is 1.05 bits per heavy atom. The van der Waals surface area contributed by atoms with Gasteiger partial charge in [-0.3, -0.25) is 39.2 Å². The molecule has 316 valence electrons. The summed E-state index contributed by atoms with van der Waals surface area (Å²) in [5, 5.41) is 17.7. The van der Waals surface area contributed by atoms with E-state index in [2.05, 4.69) is 44.6 Å². The number of hydrogen-bond acceptors (Lipinski definition) is 11. The molecule has 4 fully saturated rings. The summed E-state index contributed by atoms with van der Waals surface area (Å²) in [6.45, 7) is 10.8. The van der Waals surface area contributed by atoms with Crippen molar-refractivity contribution in [2.75, 3.05) is 41.7 Å². The molecule has 4 atom stereocenters. The third-order valence-electron chi connectivity index (χ3n) is 12.0. The summed E-state index contributed by atoms with van der Waals surface area (Å²) < 4.78 is 41.1. The maximum atomic E-state index is 13.7. The van der Waals surface area contributed by atoms with E-state index in [1.165, 1.54) is 11.0 Å². The van der Waals surface area contributed by atoms with Crippen molar-refractivity contribution in [1.29, 1.82) is 5.26 Å². The number of nitrogens with one attached hydrogen (secondary N) is 3. The Morgan fingerprint density at radius 3 is 2.36 bits per heavy atom. The lowest BCUT2D eigenvalue weighted by molar-refractivity contribution is -0.138. The number of piperidine rings is 1. The minimum Gasteiger partial charge on any atom is -0.374 e. The van der Waals surface area contributed by atoms with Gasteiger partial charge in [-0.1, -0.05) is 6.07 Å². The number of rotatable bonds is 11. The minimum atomic E-state index is -4.79. The monoisotopic (exact) mass is 847 g/mol. The van der Waals surface area contributed by atoms with Gasteiger partial charge in [0, 0.05) is 49.0 Å². The molecule has 4 amide bonds. The Hall–Kier alpha value is -3.95. The first kappa shape index (κ1) is 45.1. The molecule has 3 saturated heterocycles. The van der Waals surface area contributed by atoms with Crippen molar-refractivity contribution in [3.8, 4) is 6.07 Å². The zero-order valence-corrected chi connectivity index (χ0v) is 34.9. The number of nitriles is 1. The molecule has 0 radical (unpaired) electrons. The molecule has 1 aromatic heterocycles. The highest BCUT2D eigenvalue weighted by Gasteiger charge is 2.54. The van der Waals surface area contributed by atoms with E-state index in [-0.39, 0.29) is 72.8 Å².